The molecule has 1 saturated heterocycles. The molecule has 0 atom stereocenters. The molecule has 1 aromatic carbocycles. The minimum absolute atomic E-state index is 0.0432. The van der Waals surface area contributed by atoms with Crippen LogP contribution in [0.2, 0.25) is 0 Å². The van der Waals surface area contributed by atoms with Crippen LogP contribution in [0, 0.1) is 11.7 Å². The molecule has 27 heavy (non-hydrogen) atoms. The summed E-state index contributed by atoms with van der Waals surface area (Å²) in [6.07, 6.45) is 2.89. The summed E-state index contributed by atoms with van der Waals surface area (Å²) < 4.78 is 13.0. The molecule has 0 aliphatic carbocycles. The van der Waals surface area contributed by atoms with Crippen molar-refractivity contribution in [1.82, 2.24) is 15.2 Å². The first-order valence-corrected chi connectivity index (χ1v) is 9.93. The third-order valence-electron chi connectivity index (χ3n) is 4.72. The van der Waals surface area contributed by atoms with E-state index in [1.807, 2.05) is 5.38 Å². The van der Waals surface area contributed by atoms with Crippen LogP contribution >= 0.6 is 11.3 Å². The van der Waals surface area contributed by atoms with Crippen LogP contribution in [0.4, 0.5) is 9.52 Å². The fraction of sp³-hybridized carbons (Fsp3) is 0.421. The molecule has 0 bridgehead atoms. The summed E-state index contributed by atoms with van der Waals surface area (Å²) in [6, 6.07) is 5.56. The lowest BCUT2D eigenvalue weighted by Gasteiger charge is -2.31. The van der Waals surface area contributed by atoms with Crippen molar-refractivity contribution in [2.24, 2.45) is 5.92 Å². The normalized spacial score (nSPS) is 14.9. The molecule has 1 fully saturated rings. The molecular formula is C19H23FN4O2S. The standard InChI is InChI=1S/C19H23FN4O2S/c20-15-5-3-14(4-6-15)18(26)24-10-7-13(8-11-24)17(25)22-9-1-2-16-12-27-19(21)23-16/h3-6,12-13H,1-2,7-11H2,(H2,21,23)(H,22,25). The number of carbonyl (C=O) groups excluding carboxylic acids is 2. The summed E-state index contributed by atoms with van der Waals surface area (Å²) in [4.78, 5) is 30.7. The molecule has 1 aliphatic heterocycles. The van der Waals surface area contributed by atoms with E-state index in [4.69, 9.17) is 5.73 Å². The van der Waals surface area contributed by atoms with Gasteiger partial charge >= 0.3 is 0 Å². The quantitative estimate of drug-likeness (QED) is 0.742. The molecule has 2 heterocycles. The van der Waals surface area contributed by atoms with Gasteiger partial charge in [-0.15, -0.1) is 11.3 Å². The first kappa shape index (κ1) is 19.3. The number of aromatic nitrogens is 1. The number of likely N-dealkylation sites (tertiary alicyclic amines) is 1. The van der Waals surface area contributed by atoms with Gasteiger partial charge in [0.1, 0.15) is 5.82 Å². The van der Waals surface area contributed by atoms with E-state index < -0.39 is 0 Å². The zero-order chi connectivity index (χ0) is 19.2. The summed E-state index contributed by atoms with van der Waals surface area (Å²) in [5, 5.41) is 5.47. The van der Waals surface area contributed by atoms with Crippen LogP contribution in [0.5, 0.6) is 0 Å². The zero-order valence-corrected chi connectivity index (χ0v) is 15.8. The van der Waals surface area contributed by atoms with E-state index in [-0.39, 0.29) is 23.5 Å². The zero-order valence-electron chi connectivity index (χ0n) is 15.0. The third kappa shape index (κ3) is 5.26. The number of anilines is 1. The Morgan fingerprint density at radius 1 is 1.26 bits per heavy atom. The van der Waals surface area contributed by atoms with E-state index in [2.05, 4.69) is 10.3 Å². The van der Waals surface area contributed by atoms with Crippen LogP contribution in [0.1, 0.15) is 35.3 Å². The van der Waals surface area contributed by atoms with Crippen LogP contribution in [-0.2, 0) is 11.2 Å². The fourth-order valence-electron chi connectivity index (χ4n) is 3.18. The number of nitrogen functional groups attached to an aromatic ring is 1. The van der Waals surface area contributed by atoms with Crippen molar-refractivity contribution < 1.29 is 14.0 Å². The van der Waals surface area contributed by atoms with E-state index in [1.165, 1.54) is 35.6 Å². The highest BCUT2D eigenvalue weighted by atomic mass is 32.1. The number of aryl methyl sites for hydroxylation is 1. The predicted octanol–water partition coefficient (Wildman–Crippen LogP) is 2.47. The lowest BCUT2D eigenvalue weighted by Crippen LogP contribution is -2.43. The number of carbonyl (C=O) groups is 2. The average Bonchev–Trinajstić information content (AvgIpc) is 3.10. The second-order valence-corrected chi connectivity index (χ2v) is 7.53. The molecule has 1 aromatic heterocycles. The Kier molecular flexibility index (Phi) is 6.39. The molecular weight excluding hydrogens is 367 g/mol. The van der Waals surface area contributed by atoms with Crippen molar-refractivity contribution in [3.8, 4) is 0 Å². The summed E-state index contributed by atoms with van der Waals surface area (Å²) in [5.41, 5.74) is 7.03. The lowest BCUT2D eigenvalue weighted by atomic mass is 9.95. The molecule has 1 aliphatic rings. The number of halogens is 1. The Morgan fingerprint density at radius 2 is 1.96 bits per heavy atom. The van der Waals surface area contributed by atoms with Crippen LogP contribution < -0.4 is 11.1 Å². The van der Waals surface area contributed by atoms with Gasteiger partial charge in [0.05, 0.1) is 5.69 Å². The SMILES string of the molecule is Nc1nc(CCCNC(=O)C2CCN(C(=O)c3ccc(F)cc3)CC2)cs1. The number of hydrogen-bond acceptors (Lipinski definition) is 5. The van der Waals surface area contributed by atoms with E-state index in [1.54, 1.807) is 4.90 Å². The third-order valence-corrected chi connectivity index (χ3v) is 5.45. The van der Waals surface area contributed by atoms with E-state index in [9.17, 15) is 14.0 Å². The Hall–Kier alpha value is -2.48. The molecule has 2 amide bonds. The van der Waals surface area contributed by atoms with E-state index >= 15 is 0 Å². The van der Waals surface area contributed by atoms with Gasteiger partial charge in [-0.2, -0.15) is 0 Å². The Balaban J connectivity index is 1.38. The minimum Gasteiger partial charge on any atom is -0.375 e. The maximum Gasteiger partial charge on any atom is 0.253 e. The molecule has 3 N–H and O–H groups in total. The Morgan fingerprint density at radius 3 is 2.59 bits per heavy atom. The van der Waals surface area contributed by atoms with Crippen LogP contribution in [0.3, 0.4) is 0 Å². The monoisotopic (exact) mass is 390 g/mol. The molecule has 0 spiro atoms. The van der Waals surface area contributed by atoms with Gasteiger partial charge in [0, 0.05) is 36.5 Å². The predicted molar refractivity (Wildman–Crippen MR) is 103 cm³/mol. The number of amides is 2. The van der Waals surface area contributed by atoms with Crippen molar-refractivity contribution in [3.05, 3.63) is 46.7 Å². The van der Waals surface area contributed by atoms with Gasteiger partial charge in [-0.25, -0.2) is 9.37 Å². The molecule has 8 heteroatoms. The molecule has 3 rings (SSSR count). The van der Waals surface area contributed by atoms with Gasteiger partial charge in [0.2, 0.25) is 5.91 Å². The number of hydrogen-bond donors (Lipinski definition) is 2. The second-order valence-electron chi connectivity index (χ2n) is 6.65. The van der Waals surface area contributed by atoms with Crippen LogP contribution in [0.15, 0.2) is 29.6 Å². The number of thiazole rings is 1. The molecule has 0 saturated carbocycles. The van der Waals surface area contributed by atoms with Crippen molar-refractivity contribution >= 4 is 28.3 Å². The highest BCUT2D eigenvalue weighted by molar-refractivity contribution is 7.13. The second kappa shape index (κ2) is 8.94. The van der Waals surface area contributed by atoms with Gasteiger partial charge in [-0.05, 0) is 49.9 Å². The molecule has 144 valence electrons. The number of benzene rings is 1. The Bertz CT molecular complexity index is 785. The van der Waals surface area contributed by atoms with Crippen molar-refractivity contribution in [2.45, 2.75) is 25.7 Å². The fourth-order valence-corrected chi connectivity index (χ4v) is 3.78. The summed E-state index contributed by atoms with van der Waals surface area (Å²) in [6.45, 7) is 1.67. The first-order chi connectivity index (χ1) is 13.0. The summed E-state index contributed by atoms with van der Waals surface area (Å²) in [5.74, 6) is -0.504. The lowest BCUT2D eigenvalue weighted by molar-refractivity contribution is -0.126. The van der Waals surface area contributed by atoms with Gasteiger partial charge < -0.3 is 16.0 Å². The van der Waals surface area contributed by atoms with Crippen molar-refractivity contribution in [2.75, 3.05) is 25.4 Å². The maximum absolute atomic E-state index is 13.0. The number of rotatable bonds is 6. The van der Waals surface area contributed by atoms with Gasteiger partial charge in [0.25, 0.3) is 5.91 Å². The molecule has 0 radical (unpaired) electrons. The van der Waals surface area contributed by atoms with E-state index in [0.29, 0.717) is 43.2 Å². The Labute approximate surface area is 161 Å². The topological polar surface area (TPSA) is 88.3 Å². The number of nitrogens with zero attached hydrogens (tertiary/aromatic N) is 2. The smallest absolute Gasteiger partial charge is 0.253 e. The van der Waals surface area contributed by atoms with Gasteiger partial charge in [-0.1, -0.05) is 0 Å². The molecule has 2 aromatic rings. The number of nitrogens with two attached hydrogens (primary N) is 1. The van der Waals surface area contributed by atoms with Gasteiger partial charge in [0.15, 0.2) is 5.13 Å². The number of piperidine rings is 1. The first-order valence-electron chi connectivity index (χ1n) is 9.05. The van der Waals surface area contributed by atoms with Crippen LogP contribution in [0.25, 0.3) is 0 Å². The van der Waals surface area contributed by atoms with E-state index in [0.717, 1.165) is 18.5 Å². The van der Waals surface area contributed by atoms with Gasteiger partial charge in [-0.3, -0.25) is 9.59 Å². The molecule has 6 nitrogen and oxygen atoms in total. The van der Waals surface area contributed by atoms with Crippen molar-refractivity contribution in [3.63, 3.8) is 0 Å². The highest BCUT2D eigenvalue weighted by Gasteiger charge is 2.27. The summed E-state index contributed by atoms with van der Waals surface area (Å²) in [7, 11) is 0. The number of nitrogens with one attached hydrogen (secondary N) is 1. The van der Waals surface area contributed by atoms with Crippen molar-refractivity contribution in [1.29, 1.82) is 0 Å². The minimum atomic E-state index is -0.361. The summed E-state index contributed by atoms with van der Waals surface area (Å²) >= 11 is 1.42. The maximum atomic E-state index is 13.0. The molecule has 0 unspecified atom stereocenters. The largest absolute Gasteiger partial charge is 0.375 e. The highest BCUT2D eigenvalue weighted by Crippen LogP contribution is 2.19. The van der Waals surface area contributed by atoms with Crippen LogP contribution in [-0.4, -0.2) is 41.3 Å². The average molecular weight is 390 g/mol.